The number of alkyl halides is 3. The summed E-state index contributed by atoms with van der Waals surface area (Å²) in [7, 11) is 0. The van der Waals surface area contributed by atoms with Gasteiger partial charge in [0.25, 0.3) is 0 Å². The van der Waals surface area contributed by atoms with Crippen LogP contribution in [0.25, 0.3) is 5.69 Å². The summed E-state index contributed by atoms with van der Waals surface area (Å²) in [6, 6.07) is 19.0. The van der Waals surface area contributed by atoms with E-state index in [0.717, 1.165) is 42.9 Å². The molecule has 1 atom stereocenters. The van der Waals surface area contributed by atoms with Gasteiger partial charge in [0, 0.05) is 35.0 Å². The van der Waals surface area contributed by atoms with Crippen molar-refractivity contribution < 1.29 is 27.5 Å². The van der Waals surface area contributed by atoms with Crippen LogP contribution in [-0.4, -0.2) is 52.5 Å². The number of rotatable bonds is 9. The number of aromatic nitrogens is 3. The van der Waals surface area contributed by atoms with Gasteiger partial charge in [0.15, 0.2) is 12.4 Å². The third-order valence-electron chi connectivity index (χ3n) is 8.08. The lowest BCUT2D eigenvalue weighted by Gasteiger charge is -2.31. The summed E-state index contributed by atoms with van der Waals surface area (Å²) >= 11 is 0. The lowest BCUT2D eigenvalue weighted by molar-refractivity contribution is -0.154. The minimum absolute atomic E-state index is 0.0479. The molecule has 1 aliphatic rings. The van der Waals surface area contributed by atoms with Crippen LogP contribution in [0.2, 0.25) is 0 Å². The molecule has 4 aromatic rings. The van der Waals surface area contributed by atoms with Crippen LogP contribution in [0.15, 0.2) is 72.9 Å². The number of amides is 2. The largest absolute Gasteiger partial charge is 0.468 e. The van der Waals surface area contributed by atoms with E-state index in [9.17, 15) is 22.8 Å². The molecule has 47 heavy (non-hydrogen) atoms. The first-order valence-corrected chi connectivity index (χ1v) is 15.5. The van der Waals surface area contributed by atoms with Crippen LogP contribution in [0.3, 0.4) is 0 Å². The van der Waals surface area contributed by atoms with Crippen molar-refractivity contribution in [1.29, 1.82) is 0 Å². The van der Waals surface area contributed by atoms with Gasteiger partial charge in [0.1, 0.15) is 5.82 Å². The quantitative estimate of drug-likeness (QED) is 0.163. The first-order chi connectivity index (χ1) is 22.3. The molecular formula is C35H39F3N6O3. The van der Waals surface area contributed by atoms with E-state index in [-0.39, 0.29) is 28.6 Å². The van der Waals surface area contributed by atoms with Gasteiger partial charge < -0.3 is 15.4 Å². The molecule has 0 aliphatic carbocycles. The Kier molecular flexibility index (Phi) is 9.99. The monoisotopic (exact) mass is 648 g/mol. The molecule has 1 fully saturated rings. The number of urea groups is 1. The van der Waals surface area contributed by atoms with Crippen molar-refractivity contribution in [2.75, 3.05) is 30.3 Å². The van der Waals surface area contributed by atoms with E-state index in [2.05, 4.69) is 20.9 Å². The predicted octanol–water partition coefficient (Wildman–Crippen LogP) is 7.42. The molecule has 1 aliphatic heterocycles. The molecule has 1 saturated heterocycles. The number of carbonyl (C=O) groups is 2. The SMILES string of the molecule is Cc1ccc(-n2nc(C(C)(C)C)cc2NC(=O)Nc2ccccc2C(C(=O)c2ccc(OCC(F)(F)F)nc2)C2CCNCC2)cc1. The topological polar surface area (TPSA) is 110 Å². The van der Waals surface area contributed by atoms with Gasteiger partial charge in [-0.25, -0.2) is 14.5 Å². The average molecular weight is 649 g/mol. The van der Waals surface area contributed by atoms with Crippen LogP contribution in [0.5, 0.6) is 5.88 Å². The normalized spacial score (nSPS) is 14.8. The molecule has 0 radical (unpaired) electrons. The van der Waals surface area contributed by atoms with E-state index in [4.69, 9.17) is 9.84 Å². The Morgan fingerprint density at radius 1 is 1.00 bits per heavy atom. The molecule has 248 valence electrons. The Hall–Kier alpha value is -4.71. The number of anilines is 2. The summed E-state index contributed by atoms with van der Waals surface area (Å²) in [6.45, 7) is 8.12. The van der Waals surface area contributed by atoms with Gasteiger partial charge in [-0.1, -0.05) is 56.7 Å². The van der Waals surface area contributed by atoms with Crippen molar-refractivity contribution in [3.63, 3.8) is 0 Å². The van der Waals surface area contributed by atoms with Crippen molar-refractivity contribution in [3.8, 4) is 11.6 Å². The highest BCUT2D eigenvalue weighted by atomic mass is 19.4. The number of carbonyl (C=O) groups excluding carboxylic acids is 2. The van der Waals surface area contributed by atoms with Crippen LogP contribution in [0, 0.1) is 12.8 Å². The average Bonchev–Trinajstić information content (AvgIpc) is 3.46. The van der Waals surface area contributed by atoms with Crippen molar-refractivity contribution in [1.82, 2.24) is 20.1 Å². The molecule has 0 saturated carbocycles. The lowest BCUT2D eigenvalue weighted by atomic mass is 9.76. The smallest absolute Gasteiger partial charge is 0.422 e. The first kappa shape index (κ1) is 33.6. The zero-order valence-electron chi connectivity index (χ0n) is 26.8. The number of aryl methyl sites for hydroxylation is 1. The number of halogens is 3. The molecule has 12 heteroatoms. The van der Waals surface area contributed by atoms with Gasteiger partial charge in [-0.2, -0.15) is 18.3 Å². The number of ketones is 1. The molecule has 5 rings (SSSR count). The van der Waals surface area contributed by atoms with E-state index in [0.29, 0.717) is 17.1 Å². The fourth-order valence-electron chi connectivity index (χ4n) is 5.60. The maximum atomic E-state index is 14.1. The van der Waals surface area contributed by atoms with E-state index in [1.165, 1.54) is 18.3 Å². The summed E-state index contributed by atoms with van der Waals surface area (Å²) in [6.07, 6.45) is -1.82. The number of piperidine rings is 1. The number of hydrogen-bond acceptors (Lipinski definition) is 6. The maximum absolute atomic E-state index is 14.1. The Morgan fingerprint density at radius 3 is 2.34 bits per heavy atom. The van der Waals surface area contributed by atoms with Gasteiger partial charge in [-0.3, -0.25) is 10.1 Å². The molecule has 2 amide bonds. The number of hydrogen-bond donors (Lipinski definition) is 3. The Morgan fingerprint density at radius 2 is 1.70 bits per heavy atom. The van der Waals surface area contributed by atoms with Gasteiger partial charge in [-0.05, 0) is 68.6 Å². The molecule has 0 bridgehead atoms. The summed E-state index contributed by atoms with van der Waals surface area (Å²) in [5.41, 5.74) is 3.77. The van der Waals surface area contributed by atoms with Crippen LogP contribution < -0.4 is 20.7 Å². The third kappa shape index (κ3) is 8.56. The number of nitrogens with one attached hydrogen (secondary N) is 3. The number of nitrogens with zero attached hydrogens (tertiary/aromatic N) is 3. The van der Waals surface area contributed by atoms with E-state index < -0.39 is 24.7 Å². The van der Waals surface area contributed by atoms with Gasteiger partial charge >= 0.3 is 12.2 Å². The summed E-state index contributed by atoms with van der Waals surface area (Å²) in [4.78, 5) is 31.6. The number of pyridine rings is 1. The van der Waals surface area contributed by atoms with E-state index in [1.54, 1.807) is 16.8 Å². The summed E-state index contributed by atoms with van der Waals surface area (Å²) < 4.78 is 44.2. The molecule has 9 nitrogen and oxygen atoms in total. The van der Waals surface area contributed by atoms with E-state index in [1.807, 2.05) is 70.2 Å². The molecular weight excluding hydrogens is 609 g/mol. The standard InChI is InChI=1S/C35H39F3N6O3/c1-22-9-12-25(13-10-22)44-29(19-28(43-44)34(2,3)4)42-33(46)41-27-8-6-5-7-26(27)31(23-15-17-39-18-16-23)32(45)24-11-14-30(40-20-24)47-21-35(36,37)38/h5-14,19-20,23,31,39H,15-18,21H2,1-4H3,(H2,41,42,46). The van der Waals surface area contributed by atoms with Crippen molar-refractivity contribution in [2.45, 2.75) is 58.0 Å². The minimum atomic E-state index is -4.51. The zero-order valence-corrected chi connectivity index (χ0v) is 26.8. The number of para-hydroxylation sites is 1. The van der Waals surface area contributed by atoms with Crippen LogP contribution in [0.4, 0.5) is 29.5 Å². The predicted molar refractivity (Wildman–Crippen MR) is 175 cm³/mol. The maximum Gasteiger partial charge on any atom is 0.422 e. The van der Waals surface area contributed by atoms with Gasteiger partial charge in [0.2, 0.25) is 5.88 Å². The number of benzene rings is 2. The Bertz CT molecular complexity index is 1690. The molecule has 2 aromatic heterocycles. The fraction of sp³-hybridized carbons (Fsp3) is 0.371. The Balaban J connectivity index is 1.42. The van der Waals surface area contributed by atoms with Crippen LogP contribution in [-0.2, 0) is 5.41 Å². The highest BCUT2D eigenvalue weighted by Gasteiger charge is 2.34. The first-order valence-electron chi connectivity index (χ1n) is 15.5. The van der Waals surface area contributed by atoms with Gasteiger partial charge in [-0.15, -0.1) is 0 Å². The second kappa shape index (κ2) is 14.0. The fourth-order valence-corrected chi connectivity index (χ4v) is 5.60. The summed E-state index contributed by atoms with van der Waals surface area (Å²) in [5.74, 6) is -0.668. The zero-order chi connectivity index (χ0) is 33.8. The highest BCUT2D eigenvalue weighted by Crippen LogP contribution is 2.38. The van der Waals surface area contributed by atoms with E-state index >= 15 is 0 Å². The second-order valence-electron chi connectivity index (χ2n) is 12.8. The molecule has 0 spiro atoms. The lowest BCUT2D eigenvalue weighted by Crippen LogP contribution is -2.34. The van der Waals surface area contributed by atoms with Crippen LogP contribution >= 0.6 is 0 Å². The molecule has 1 unspecified atom stereocenters. The minimum Gasteiger partial charge on any atom is -0.468 e. The van der Waals surface area contributed by atoms with Crippen molar-refractivity contribution in [3.05, 3.63) is 95.3 Å². The van der Waals surface area contributed by atoms with Crippen molar-refractivity contribution >= 4 is 23.3 Å². The second-order valence-corrected chi connectivity index (χ2v) is 12.8. The summed E-state index contributed by atoms with van der Waals surface area (Å²) in [5, 5.41) is 14.0. The number of ether oxygens (including phenoxy) is 1. The highest BCUT2D eigenvalue weighted by molar-refractivity contribution is 6.04. The molecule has 3 heterocycles. The molecule has 2 aromatic carbocycles. The third-order valence-corrected chi connectivity index (χ3v) is 8.08. The van der Waals surface area contributed by atoms with Crippen LogP contribution in [0.1, 0.15) is 66.7 Å². The molecule has 3 N–H and O–H groups in total. The van der Waals surface area contributed by atoms with Gasteiger partial charge in [0.05, 0.1) is 17.3 Å². The number of Topliss-reactive ketones (excluding diaryl/α,β-unsaturated/α-hetero) is 1. The van der Waals surface area contributed by atoms with Crippen molar-refractivity contribution in [2.24, 2.45) is 5.92 Å². The Labute approximate surface area is 271 Å².